The smallest absolute Gasteiger partial charge is 0.231 e. The van der Waals surface area contributed by atoms with Gasteiger partial charge < -0.3 is 19.2 Å². The molecule has 1 aromatic carbocycles. The molecule has 0 saturated heterocycles. The van der Waals surface area contributed by atoms with E-state index in [-0.39, 0.29) is 18.1 Å². The lowest BCUT2D eigenvalue weighted by Gasteiger charge is -2.17. The first-order valence-corrected chi connectivity index (χ1v) is 9.13. The highest BCUT2D eigenvalue weighted by molar-refractivity contribution is 5.80. The fourth-order valence-corrected chi connectivity index (χ4v) is 2.90. The second-order valence-electron chi connectivity index (χ2n) is 6.16. The summed E-state index contributed by atoms with van der Waals surface area (Å²) in [5, 5.41) is 9.57. The molecule has 2 heterocycles. The molecule has 0 atom stereocenters. The molecular weight excluding hydrogens is 358 g/mol. The third kappa shape index (κ3) is 4.14. The topological polar surface area (TPSA) is 88.7 Å². The Morgan fingerprint density at radius 3 is 2.36 bits per heavy atom. The van der Waals surface area contributed by atoms with Crippen LogP contribution in [0.3, 0.4) is 0 Å². The largest absolute Gasteiger partial charge is 0.508 e. The number of carbonyl (C=O) groups is 1. The number of methoxy groups -OCH3 is 1. The van der Waals surface area contributed by atoms with E-state index in [2.05, 4.69) is 9.97 Å². The maximum atomic E-state index is 12.5. The first-order chi connectivity index (χ1) is 13.5. The molecule has 0 fully saturated rings. The standard InChI is InChI=1S/C21H23N3O4/c1-4-24(5-2)19(26)12-18-23-20(15-8-11-17(27-3)22-13-15)21(28-18)14-6-9-16(25)10-7-14/h6-11,13,25H,4-5,12H2,1-3H3. The van der Waals surface area contributed by atoms with Crippen molar-refractivity contribution < 1.29 is 19.1 Å². The first kappa shape index (κ1) is 19.4. The van der Waals surface area contributed by atoms with Crippen molar-refractivity contribution in [2.75, 3.05) is 20.2 Å². The van der Waals surface area contributed by atoms with Crippen molar-refractivity contribution >= 4 is 5.91 Å². The molecule has 0 aliphatic carbocycles. The minimum Gasteiger partial charge on any atom is -0.508 e. The number of oxazole rings is 1. The molecule has 146 valence electrons. The van der Waals surface area contributed by atoms with Gasteiger partial charge >= 0.3 is 0 Å². The lowest BCUT2D eigenvalue weighted by molar-refractivity contribution is -0.130. The number of nitrogens with zero attached hydrogens (tertiary/aromatic N) is 3. The Hall–Kier alpha value is -3.35. The minimum atomic E-state index is -0.0390. The molecule has 0 aliphatic rings. The van der Waals surface area contributed by atoms with Crippen LogP contribution in [0.15, 0.2) is 47.0 Å². The Morgan fingerprint density at radius 2 is 1.79 bits per heavy atom. The molecule has 2 aromatic heterocycles. The van der Waals surface area contributed by atoms with Crippen molar-refractivity contribution in [2.24, 2.45) is 0 Å². The molecule has 28 heavy (non-hydrogen) atoms. The molecule has 1 amide bonds. The van der Waals surface area contributed by atoms with Crippen molar-refractivity contribution in [1.29, 1.82) is 0 Å². The summed E-state index contributed by atoms with van der Waals surface area (Å²) in [5.74, 6) is 1.48. The van der Waals surface area contributed by atoms with Crippen LogP contribution >= 0.6 is 0 Å². The summed E-state index contributed by atoms with van der Waals surface area (Å²) in [5.41, 5.74) is 2.08. The highest BCUT2D eigenvalue weighted by Crippen LogP contribution is 2.33. The number of carbonyl (C=O) groups excluding carboxylic acids is 1. The summed E-state index contributed by atoms with van der Waals surface area (Å²) < 4.78 is 11.1. The van der Waals surface area contributed by atoms with Crippen LogP contribution in [0.2, 0.25) is 0 Å². The molecule has 0 aliphatic heterocycles. The fraction of sp³-hybridized carbons (Fsp3) is 0.286. The SMILES string of the molecule is CCN(CC)C(=O)Cc1nc(-c2ccc(OC)nc2)c(-c2ccc(O)cc2)o1. The molecule has 0 unspecified atom stereocenters. The fourth-order valence-electron chi connectivity index (χ4n) is 2.90. The van der Waals surface area contributed by atoms with Crippen molar-refractivity contribution in [3.05, 3.63) is 48.5 Å². The number of benzene rings is 1. The maximum absolute atomic E-state index is 12.5. The number of pyridine rings is 1. The monoisotopic (exact) mass is 381 g/mol. The first-order valence-electron chi connectivity index (χ1n) is 9.13. The van der Waals surface area contributed by atoms with Gasteiger partial charge in [0, 0.05) is 36.5 Å². The lowest BCUT2D eigenvalue weighted by atomic mass is 10.1. The average molecular weight is 381 g/mol. The zero-order chi connectivity index (χ0) is 20.1. The quantitative estimate of drug-likeness (QED) is 0.673. The second-order valence-corrected chi connectivity index (χ2v) is 6.16. The Kier molecular flexibility index (Phi) is 5.93. The Labute approximate surface area is 163 Å². The van der Waals surface area contributed by atoms with Crippen LogP contribution in [0.1, 0.15) is 19.7 Å². The predicted molar refractivity (Wildman–Crippen MR) is 105 cm³/mol. The van der Waals surface area contributed by atoms with Gasteiger partial charge in [-0.15, -0.1) is 0 Å². The third-order valence-electron chi connectivity index (χ3n) is 4.44. The molecule has 7 heteroatoms. The van der Waals surface area contributed by atoms with Crippen LogP contribution in [-0.4, -0.2) is 46.1 Å². The van der Waals surface area contributed by atoms with E-state index < -0.39 is 0 Å². The van der Waals surface area contributed by atoms with Gasteiger partial charge in [-0.25, -0.2) is 9.97 Å². The van der Waals surface area contributed by atoms with Crippen LogP contribution in [-0.2, 0) is 11.2 Å². The molecule has 1 N–H and O–H groups in total. The lowest BCUT2D eigenvalue weighted by Crippen LogP contribution is -2.31. The zero-order valence-corrected chi connectivity index (χ0v) is 16.2. The van der Waals surface area contributed by atoms with E-state index in [4.69, 9.17) is 9.15 Å². The number of aromatic hydroxyl groups is 1. The molecule has 7 nitrogen and oxygen atoms in total. The van der Waals surface area contributed by atoms with Gasteiger partial charge in [0.1, 0.15) is 17.9 Å². The molecule has 0 spiro atoms. The van der Waals surface area contributed by atoms with E-state index in [9.17, 15) is 9.90 Å². The van der Waals surface area contributed by atoms with Crippen LogP contribution in [0.25, 0.3) is 22.6 Å². The van der Waals surface area contributed by atoms with Crippen molar-refractivity contribution in [3.8, 4) is 34.2 Å². The van der Waals surface area contributed by atoms with Crippen LogP contribution in [0, 0.1) is 0 Å². The summed E-state index contributed by atoms with van der Waals surface area (Å²) in [4.78, 5) is 23.0. The zero-order valence-electron chi connectivity index (χ0n) is 16.2. The summed E-state index contributed by atoms with van der Waals surface area (Å²) in [7, 11) is 1.55. The second kappa shape index (κ2) is 8.56. The Morgan fingerprint density at radius 1 is 1.11 bits per heavy atom. The number of phenols is 1. The maximum Gasteiger partial charge on any atom is 0.231 e. The van der Waals surface area contributed by atoms with Gasteiger partial charge in [0.25, 0.3) is 0 Å². The van der Waals surface area contributed by atoms with Crippen molar-refractivity contribution in [1.82, 2.24) is 14.9 Å². The Balaban J connectivity index is 2.01. The van der Waals surface area contributed by atoms with E-state index in [0.29, 0.717) is 36.3 Å². The van der Waals surface area contributed by atoms with E-state index >= 15 is 0 Å². The molecule has 0 saturated carbocycles. The van der Waals surface area contributed by atoms with E-state index in [1.54, 1.807) is 48.5 Å². The number of hydrogen-bond donors (Lipinski definition) is 1. The van der Waals surface area contributed by atoms with Gasteiger partial charge in [-0.1, -0.05) is 0 Å². The minimum absolute atomic E-state index is 0.0390. The van der Waals surface area contributed by atoms with E-state index in [0.717, 1.165) is 11.1 Å². The molecule has 0 bridgehead atoms. The predicted octanol–water partition coefficient (Wildman–Crippen LogP) is 3.53. The van der Waals surface area contributed by atoms with Gasteiger partial charge in [-0.3, -0.25) is 4.79 Å². The van der Waals surface area contributed by atoms with Gasteiger partial charge in [0.2, 0.25) is 17.7 Å². The number of ether oxygens (including phenoxy) is 1. The number of aromatic nitrogens is 2. The number of likely N-dealkylation sites (N-methyl/N-ethyl adjacent to an activating group) is 1. The van der Waals surface area contributed by atoms with Crippen molar-refractivity contribution in [3.63, 3.8) is 0 Å². The highest BCUT2D eigenvalue weighted by atomic mass is 16.5. The van der Waals surface area contributed by atoms with Gasteiger partial charge in [-0.05, 0) is 44.2 Å². The molecule has 3 rings (SSSR count). The highest BCUT2D eigenvalue weighted by Gasteiger charge is 2.20. The summed E-state index contributed by atoms with van der Waals surface area (Å²) in [6.07, 6.45) is 1.73. The Bertz CT molecular complexity index is 929. The van der Waals surface area contributed by atoms with Gasteiger partial charge in [0.15, 0.2) is 5.76 Å². The molecule has 0 radical (unpaired) electrons. The van der Waals surface area contributed by atoms with E-state index in [1.165, 1.54) is 0 Å². The summed E-state index contributed by atoms with van der Waals surface area (Å²) >= 11 is 0. The van der Waals surface area contributed by atoms with E-state index in [1.807, 2.05) is 19.9 Å². The normalized spacial score (nSPS) is 10.7. The van der Waals surface area contributed by atoms with Crippen molar-refractivity contribution in [2.45, 2.75) is 20.3 Å². The van der Waals surface area contributed by atoms with Gasteiger partial charge in [0.05, 0.1) is 7.11 Å². The van der Waals surface area contributed by atoms with Crippen LogP contribution in [0.4, 0.5) is 0 Å². The average Bonchev–Trinajstić information content (AvgIpc) is 3.13. The molecule has 3 aromatic rings. The van der Waals surface area contributed by atoms with Crippen LogP contribution in [0.5, 0.6) is 11.6 Å². The number of phenolic OH excluding ortho intramolecular Hbond substituents is 1. The summed E-state index contributed by atoms with van der Waals surface area (Å²) in [6.45, 7) is 5.15. The van der Waals surface area contributed by atoms with Gasteiger partial charge in [-0.2, -0.15) is 0 Å². The molecular formula is C21H23N3O4. The summed E-state index contributed by atoms with van der Waals surface area (Å²) in [6, 6.07) is 10.2. The number of rotatable bonds is 7. The number of hydrogen-bond acceptors (Lipinski definition) is 6. The number of amides is 1. The van der Waals surface area contributed by atoms with Crippen LogP contribution < -0.4 is 4.74 Å². The third-order valence-corrected chi connectivity index (χ3v) is 4.44.